The maximum Gasteiger partial charge on any atom is 0.225 e. The van der Waals surface area contributed by atoms with Crippen LogP contribution >= 0.6 is 0 Å². The molecule has 2 aromatic carbocycles. The van der Waals surface area contributed by atoms with E-state index >= 15 is 0 Å². The number of fused-ring (bicyclic) bond motifs is 2. The van der Waals surface area contributed by atoms with Crippen LogP contribution in [0.4, 0.5) is 0 Å². The molecular formula is C21H24N2O. The van der Waals surface area contributed by atoms with Gasteiger partial charge in [-0.3, -0.25) is 9.69 Å². The molecule has 124 valence electrons. The third-order valence-electron chi connectivity index (χ3n) is 5.60. The van der Waals surface area contributed by atoms with Gasteiger partial charge in [0.15, 0.2) is 0 Å². The van der Waals surface area contributed by atoms with Gasteiger partial charge in [0.1, 0.15) is 0 Å². The van der Waals surface area contributed by atoms with Crippen LogP contribution in [0.1, 0.15) is 35.1 Å². The number of nitrogens with zero attached hydrogens (tertiary/aromatic N) is 1. The summed E-state index contributed by atoms with van der Waals surface area (Å²) in [5.74, 6) is 0.174. The Bertz CT molecular complexity index is 746. The highest BCUT2D eigenvalue weighted by Gasteiger charge is 2.42. The molecule has 2 aliphatic heterocycles. The fraction of sp³-hybridized carbons (Fsp3) is 0.381. The molecule has 0 aliphatic carbocycles. The van der Waals surface area contributed by atoms with Crippen molar-refractivity contribution in [2.24, 2.45) is 0 Å². The van der Waals surface area contributed by atoms with Crippen LogP contribution in [0, 0.1) is 6.92 Å². The smallest absolute Gasteiger partial charge is 0.225 e. The Hall–Kier alpha value is -2.13. The molecule has 2 aliphatic rings. The summed E-state index contributed by atoms with van der Waals surface area (Å²) in [7, 11) is 0. The fourth-order valence-electron chi connectivity index (χ4n) is 4.25. The Morgan fingerprint density at radius 2 is 1.79 bits per heavy atom. The van der Waals surface area contributed by atoms with Gasteiger partial charge >= 0.3 is 0 Å². The first-order valence-corrected chi connectivity index (χ1v) is 8.83. The van der Waals surface area contributed by atoms with Crippen molar-refractivity contribution in [2.45, 2.75) is 38.3 Å². The second-order valence-electron chi connectivity index (χ2n) is 7.17. The van der Waals surface area contributed by atoms with Gasteiger partial charge < -0.3 is 5.32 Å². The molecule has 0 saturated carbocycles. The lowest BCUT2D eigenvalue weighted by molar-refractivity contribution is -0.124. The molecule has 0 aromatic heterocycles. The average Bonchev–Trinajstić information content (AvgIpc) is 2.59. The minimum absolute atomic E-state index is 0.163. The average molecular weight is 320 g/mol. The summed E-state index contributed by atoms with van der Waals surface area (Å²) in [6, 6.07) is 17.1. The monoisotopic (exact) mass is 320 g/mol. The molecule has 1 spiro atoms. The van der Waals surface area contributed by atoms with Crippen molar-refractivity contribution in [3.05, 3.63) is 70.8 Å². The van der Waals surface area contributed by atoms with E-state index < -0.39 is 0 Å². The summed E-state index contributed by atoms with van der Waals surface area (Å²) in [6.07, 6.45) is 2.50. The maximum absolute atomic E-state index is 12.3. The number of hydrogen-bond donors (Lipinski definition) is 1. The number of hydrogen-bond acceptors (Lipinski definition) is 2. The number of carbonyl (C=O) groups is 1. The summed E-state index contributed by atoms with van der Waals surface area (Å²) in [4.78, 5) is 14.8. The highest BCUT2D eigenvalue weighted by molar-refractivity contribution is 5.83. The number of aryl methyl sites for hydroxylation is 1. The van der Waals surface area contributed by atoms with E-state index in [0.29, 0.717) is 6.42 Å². The van der Waals surface area contributed by atoms with Gasteiger partial charge in [0.05, 0.1) is 12.0 Å². The number of nitrogens with one attached hydrogen (secondary N) is 1. The van der Waals surface area contributed by atoms with Crippen molar-refractivity contribution in [1.29, 1.82) is 0 Å². The van der Waals surface area contributed by atoms with Gasteiger partial charge in [0.2, 0.25) is 5.91 Å². The molecular weight excluding hydrogens is 296 g/mol. The van der Waals surface area contributed by atoms with Gasteiger partial charge in [-0.05, 0) is 42.0 Å². The first-order valence-electron chi connectivity index (χ1n) is 8.83. The topological polar surface area (TPSA) is 32.3 Å². The molecule has 0 bridgehead atoms. The zero-order valence-corrected chi connectivity index (χ0v) is 14.2. The van der Waals surface area contributed by atoms with Gasteiger partial charge in [-0.25, -0.2) is 0 Å². The fourth-order valence-corrected chi connectivity index (χ4v) is 4.25. The van der Waals surface area contributed by atoms with E-state index in [1.54, 1.807) is 0 Å². The summed E-state index contributed by atoms with van der Waals surface area (Å²) in [6.45, 7) is 5.15. The third kappa shape index (κ3) is 2.73. The lowest BCUT2D eigenvalue weighted by Gasteiger charge is -2.46. The highest BCUT2D eigenvalue weighted by Crippen LogP contribution is 2.39. The Morgan fingerprint density at radius 3 is 2.54 bits per heavy atom. The standard InChI is InChI=1S/C21H24N2O/c1-16-6-5-9-19-18(16)14-20(24)22-21(19)10-12-23(13-11-21)15-17-7-3-2-4-8-17/h2-9H,10-15H2,1H3,(H,22,24). The SMILES string of the molecule is Cc1cccc2c1CC(=O)NC21CCN(Cc2ccccc2)CC1. The van der Waals surface area contributed by atoms with Crippen molar-refractivity contribution >= 4 is 5.91 Å². The lowest BCUT2D eigenvalue weighted by Crippen LogP contribution is -2.56. The maximum atomic E-state index is 12.3. The molecule has 1 saturated heterocycles. The van der Waals surface area contributed by atoms with Crippen LogP contribution in [0.25, 0.3) is 0 Å². The van der Waals surface area contributed by atoms with Crippen LogP contribution < -0.4 is 5.32 Å². The summed E-state index contributed by atoms with van der Waals surface area (Å²) < 4.78 is 0. The van der Waals surface area contributed by atoms with E-state index in [1.807, 2.05) is 0 Å². The van der Waals surface area contributed by atoms with Crippen molar-refractivity contribution in [3.8, 4) is 0 Å². The molecule has 0 atom stereocenters. The first kappa shape index (κ1) is 15.4. The minimum Gasteiger partial charge on any atom is -0.346 e. The largest absolute Gasteiger partial charge is 0.346 e. The molecule has 0 radical (unpaired) electrons. The molecule has 24 heavy (non-hydrogen) atoms. The second kappa shape index (κ2) is 6.06. The number of amides is 1. The number of likely N-dealkylation sites (tertiary alicyclic amines) is 1. The lowest BCUT2D eigenvalue weighted by atomic mass is 9.74. The Kier molecular flexibility index (Phi) is 3.89. The first-order chi connectivity index (χ1) is 11.7. The van der Waals surface area contributed by atoms with Crippen molar-refractivity contribution < 1.29 is 4.79 Å². The van der Waals surface area contributed by atoms with Crippen LogP contribution in [-0.4, -0.2) is 23.9 Å². The van der Waals surface area contributed by atoms with E-state index in [9.17, 15) is 4.79 Å². The van der Waals surface area contributed by atoms with E-state index in [0.717, 1.165) is 32.5 Å². The molecule has 3 heteroatoms. The molecule has 1 amide bonds. The minimum atomic E-state index is -0.163. The number of carbonyl (C=O) groups excluding carboxylic acids is 1. The number of benzene rings is 2. The van der Waals surface area contributed by atoms with Crippen LogP contribution in [0.2, 0.25) is 0 Å². The van der Waals surface area contributed by atoms with Crippen molar-refractivity contribution in [3.63, 3.8) is 0 Å². The summed E-state index contributed by atoms with van der Waals surface area (Å²) >= 11 is 0. The van der Waals surface area contributed by atoms with Gasteiger partial charge in [-0.2, -0.15) is 0 Å². The third-order valence-corrected chi connectivity index (χ3v) is 5.60. The Balaban J connectivity index is 1.54. The second-order valence-corrected chi connectivity index (χ2v) is 7.17. The van der Waals surface area contributed by atoms with Gasteiger partial charge in [0, 0.05) is 19.6 Å². The molecule has 0 unspecified atom stereocenters. The Labute approximate surface area is 143 Å². The highest BCUT2D eigenvalue weighted by atomic mass is 16.1. The Morgan fingerprint density at radius 1 is 1.04 bits per heavy atom. The summed E-state index contributed by atoms with van der Waals surface area (Å²) in [5.41, 5.74) is 5.04. The van der Waals surface area contributed by atoms with Gasteiger partial charge in [0.25, 0.3) is 0 Å². The molecule has 4 rings (SSSR count). The molecule has 2 heterocycles. The van der Waals surface area contributed by atoms with E-state index in [1.165, 1.54) is 22.3 Å². The van der Waals surface area contributed by atoms with Crippen LogP contribution in [0.15, 0.2) is 48.5 Å². The van der Waals surface area contributed by atoms with Crippen molar-refractivity contribution in [1.82, 2.24) is 10.2 Å². The molecule has 2 aromatic rings. The quantitative estimate of drug-likeness (QED) is 0.922. The predicted octanol–water partition coefficient (Wildman–Crippen LogP) is 3.16. The van der Waals surface area contributed by atoms with Crippen LogP contribution in [0.5, 0.6) is 0 Å². The zero-order valence-electron chi connectivity index (χ0n) is 14.2. The van der Waals surface area contributed by atoms with E-state index in [2.05, 4.69) is 65.7 Å². The van der Waals surface area contributed by atoms with Gasteiger partial charge in [-0.1, -0.05) is 48.5 Å². The molecule has 1 fully saturated rings. The normalized spacial score (nSPS) is 19.8. The van der Waals surface area contributed by atoms with Gasteiger partial charge in [-0.15, -0.1) is 0 Å². The number of piperidine rings is 1. The molecule has 3 nitrogen and oxygen atoms in total. The predicted molar refractivity (Wildman–Crippen MR) is 95.7 cm³/mol. The van der Waals surface area contributed by atoms with Crippen molar-refractivity contribution in [2.75, 3.05) is 13.1 Å². The number of rotatable bonds is 2. The van der Waals surface area contributed by atoms with Crippen LogP contribution in [0.3, 0.4) is 0 Å². The van der Waals surface area contributed by atoms with E-state index in [-0.39, 0.29) is 11.4 Å². The van der Waals surface area contributed by atoms with E-state index in [4.69, 9.17) is 0 Å². The summed E-state index contributed by atoms with van der Waals surface area (Å²) in [5, 5.41) is 3.33. The molecule has 1 N–H and O–H groups in total. The van der Waals surface area contributed by atoms with Crippen LogP contribution in [-0.2, 0) is 23.3 Å². The zero-order chi connectivity index (χ0) is 16.6.